The van der Waals surface area contributed by atoms with E-state index in [4.69, 9.17) is 0 Å². The van der Waals surface area contributed by atoms with Crippen molar-refractivity contribution in [2.45, 2.75) is 6.92 Å². The number of aryl methyl sites for hydroxylation is 1. The number of nitrogens with one attached hydrogen (secondary N) is 1. The van der Waals surface area contributed by atoms with Crippen LogP contribution in [-0.4, -0.2) is 6.41 Å². The van der Waals surface area contributed by atoms with Gasteiger partial charge in [0.25, 0.3) is 0 Å². The molecule has 23 heavy (non-hydrogen) atoms. The molecule has 1 aromatic heterocycles. The zero-order valence-corrected chi connectivity index (χ0v) is 13.5. The van der Waals surface area contributed by atoms with Crippen molar-refractivity contribution in [3.8, 4) is 11.1 Å². The van der Waals surface area contributed by atoms with E-state index in [0.29, 0.717) is 0 Å². The molecule has 0 atom stereocenters. The Hall–Kier alpha value is -2.65. The summed E-state index contributed by atoms with van der Waals surface area (Å²) in [6.07, 6.45) is 0.767. The van der Waals surface area contributed by atoms with E-state index in [0.717, 1.165) is 28.6 Å². The summed E-state index contributed by atoms with van der Waals surface area (Å²) in [5.41, 5.74) is 4.30. The first-order valence-corrected chi connectivity index (χ1v) is 8.31. The lowest BCUT2D eigenvalue weighted by Gasteiger charge is -2.13. The highest BCUT2D eigenvalue weighted by Crippen LogP contribution is 2.43. The van der Waals surface area contributed by atoms with Crippen molar-refractivity contribution >= 4 is 43.6 Å². The molecule has 0 saturated heterocycles. The predicted molar refractivity (Wildman–Crippen MR) is 99.2 cm³/mol. The lowest BCUT2D eigenvalue weighted by molar-refractivity contribution is -0.105. The summed E-state index contributed by atoms with van der Waals surface area (Å²) in [5, 5.41) is 5.26. The highest BCUT2D eigenvalue weighted by atomic mass is 32.1. The molecule has 3 heteroatoms. The minimum atomic E-state index is 0.767. The SMILES string of the molecule is Cc1ccccc1-c1ccc2sc3ccccc3c2c1NC=O. The van der Waals surface area contributed by atoms with Gasteiger partial charge in [-0.05, 0) is 30.2 Å². The molecule has 1 heterocycles. The molecular weight excluding hydrogens is 302 g/mol. The fraction of sp³-hybridized carbons (Fsp3) is 0.0500. The lowest BCUT2D eigenvalue weighted by Crippen LogP contribution is -1.98. The maximum Gasteiger partial charge on any atom is 0.211 e. The van der Waals surface area contributed by atoms with E-state index >= 15 is 0 Å². The molecule has 0 radical (unpaired) electrons. The number of amides is 1. The van der Waals surface area contributed by atoms with Gasteiger partial charge in [0, 0.05) is 25.7 Å². The number of hydrogen-bond donors (Lipinski definition) is 1. The molecule has 0 bridgehead atoms. The third kappa shape index (κ3) is 2.21. The molecule has 0 spiro atoms. The minimum absolute atomic E-state index is 0.767. The molecule has 0 fully saturated rings. The first-order chi connectivity index (χ1) is 11.3. The van der Waals surface area contributed by atoms with Crippen LogP contribution in [0.4, 0.5) is 5.69 Å². The average molecular weight is 317 g/mol. The molecule has 4 aromatic rings. The van der Waals surface area contributed by atoms with Crippen molar-refractivity contribution in [2.75, 3.05) is 5.32 Å². The summed E-state index contributed by atoms with van der Waals surface area (Å²) in [4.78, 5) is 11.2. The van der Waals surface area contributed by atoms with Crippen LogP contribution in [0.25, 0.3) is 31.3 Å². The van der Waals surface area contributed by atoms with Crippen LogP contribution in [0.3, 0.4) is 0 Å². The predicted octanol–water partition coefficient (Wildman–Crippen LogP) is 5.60. The Bertz CT molecular complexity index is 1030. The molecule has 2 nitrogen and oxygen atoms in total. The summed E-state index contributed by atoms with van der Waals surface area (Å²) in [7, 11) is 0. The Morgan fingerprint density at radius 3 is 2.48 bits per heavy atom. The monoisotopic (exact) mass is 317 g/mol. The molecule has 3 aromatic carbocycles. The highest BCUT2D eigenvalue weighted by molar-refractivity contribution is 7.26. The van der Waals surface area contributed by atoms with Gasteiger partial charge in [-0.25, -0.2) is 0 Å². The molecule has 0 aliphatic heterocycles. The number of carbonyl (C=O) groups excluding carboxylic acids is 1. The van der Waals surface area contributed by atoms with Gasteiger partial charge in [-0.15, -0.1) is 11.3 Å². The Kier molecular flexibility index (Phi) is 3.36. The largest absolute Gasteiger partial charge is 0.328 e. The quantitative estimate of drug-likeness (QED) is 0.490. The summed E-state index contributed by atoms with van der Waals surface area (Å²) in [5.74, 6) is 0. The first kappa shape index (κ1) is 14.0. The Labute approximate surface area is 138 Å². The van der Waals surface area contributed by atoms with Gasteiger partial charge in [-0.1, -0.05) is 48.5 Å². The first-order valence-electron chi connectivity index (χ1n) is 7.50. The number of rotatable bonds is 3. The van der Waals surface area contributed by atoms with Gasteiger partial charge in [-0.2, -0.15) is 0 Å². The Balaban J connectivity index is 2.13. The normalized spacial score (nSPS) is 11.0. The smallest absolute Gasteiger partial charge is 0.211 e. The van der Waals surface area contributed by atoms with Crippen molar-refractivity contribution in [1.82, 2.24) is 0 Å². The molecular formula is C20H15NOS. The van der Waals surface area contributed by atoms with Crippen LogP contribution in [0.15, 0.2) is 60.7 Å². The van der Waals surface area contributed by atoms with Gasteiger partial charge in [0.1, 0.15) is 0 Å². The number of hydrogen-bond acceptors (Lipinski definition) is 2. The second-order valence-electron chi connectivity index (χ2n) is 5.54. The molecule has 1 amide bonds. The average Bonchev–Trinajstić information content (AvgIpc) is 2.95. The molecule has 0 aliphatic rings. The maximum absolute atomic E-state index is 11.2. The maximum atomic E-state index is 11.2. The van der Waals surface area contributed by atoms with E-state index in [1.807, 2.05) is 24.3 Å². The highest BCUT2D eigenvalue weighted by Gasteiger charge is 2.15. The summed E-state index contributed by atoms with van der Waals surface area (Å²) < 4.78 is 2.42. The fourth-order valence-corrected chi connectivity index (χ4v) is 4.24. The van der Waals surface area contributed by atoms with Crippen LogP contribution >= 0.6 is 11.3 Å². The van der Waals surface area contributed by atoms with E-state index in [-0.39, 0.29) is 0 Å². The molecule has 1 N–H and O–H groups in total. The van der Waals surface area contributed by atoms with Crippen LogP contribution in [0.2, 0.25) is 0 Å². The third-order valence-corrected chi connectivity index (χ3v) is 5.32. The summed E-state index contributed by atoms with van der Waals surface area (Å²) in [6.45, 7) is 2.09. The van der Waals surface area contributed by atoms with Crippen LogP contribution in [0, 0.1) is 6.92 Å². The van der Waals surface area contributed by atoms with Gasteiger partial charge in [0.05, 0.1) is 5.69 Å². The Morgan fingerprint density at radius 1 is 0.870 bits per heavy atom. The van der Waals surface area contributed by atoms with E-state index in [2.05, 4.69) is 48.6 Å². The molecule has 0 unspecified atom stereocenters. The van der Waals surface area contributed by atoms with Crippen molar-refractivity contribution in [2.24, 2.45) is 0 Å². The van der Waals surface area contributed by atoms with Crippen LogP contribution < -0.4 is 5.32 Å². The lowest BCUT2D eigenvalue weighted by atomic mass is 9.96. The number of thiophene rings is 1. The topological polar surface area (TPSA) is 29.1 Å². The van der Waals surface area contributed by atoms with Crippen molar-refractivity contribution in [1.29, 1.82) is 0 Å². The van der Waals surface area contributed by atoms with Crippen LogP contribution in [0.1, 0.15) is 5.56 Å². The third-order valence-electron chi connectivity index (χ3n) is 4.18. The number of carbonyl (C=O) groups is 1. The van der Waals surface area contributed by atoms with Crippen LogP contribution in [0.5, 0.6) is 0 Å². The number of anilines is 1. The van der Waals surface area contributed by atoms with Crippen molar-refractivity contribution < 1.29 is 4.79 Å². The van der Waals surface area contributed by atoms with Crippen molar-refractivity contribution in [3.63, 3.8) is 0 Å². The molecule has 0 aliphatic carbocycles. The standard InChI is InChI=1S/C20H15NOS/c1-13-6-2-3-7-14(13)15-10-11-18-19(20(15)21-12-22)16-8-4-5-9-17(16)23-18/h2-12H,1H3,(H,21,22). The molecule has 0 saturated carbocycles. The van der Waals surface area contributed by atoms with E-state index < -0.39 is 0 Å². The second kappa shape index (κ2) is 5.52. The summed E-state index contributed by atoms with van der Waals surface area (Å²) in [6, 6.07) is 20.8. The minimum Gasteiger partial charge on any atom is -0.328 e. The van der Waals surface area contributed by atoms with Gasteiger partial charge in [-0.3, -0.25) is 4.79 Å². The number of fused-ring (bicyclic) bond motifs is 3. The zero-order valence-electron chi connectivity index (χ0n) is 12.7. The van der Waals surface area contributed by atoms with E-state index in [9.17, 15) is 4.79 Å². The van der Waals surface area contributed by atoms with Gasteiger partial charge >= 0.3 is 0 Å². The van der Waals surface area contributed by atoms with Gasteiger partial charge in [0.15, 0.2) is 0 Å². The van der Waals surface area contributed by atoms with Gasteiger partial charge < -0.3 is 5.32 Å². The summed E-state index contributed by atoms with van der Waals surface area (Å²) >= 11 is 1.75. The number of benzene rings is 3. The molecule has 112 valence electrons. The van der Waals surface area contributed by atoms with E-state index in [1.165, 1.54) is 20.3 Å². The van der Waals surface area contributed by atoms with Crippen molar-refractivity contribution in [3.05, 3.63) is 66.2 Å². The van der Waals surface area contributed by atoms with E-state index in [1.54, 1.807) is 11.3 Å². The Morgan fingerprint density at radius 2 is 1.65 bits per heavy atom. The second-order valence-corrected chi connectivity index (χ2v) is 6.62. The van der Waals surface area contributed by atoms with Gasteiger partial charge in [0.2, 0.25) is 6.41 Å². The fourth-order valence-electron chi connectivity index (χ4n) is 3.13. The zero-order chi connectivity index (χ0) is 15.8. The van der Waals surface area contributed by atoms with Crippen LogP contribution in [-0.2, 0) is 4.79 Å². The molecule has 4 rings (SSSR count).